The average Bonchev–Trinajstić information content (AvgIpc) is 3.44. The van der Waals surface area contributed by atoms with Crippen molar-refractivity contribution in [3.05, 3.63) is 0 Å². The van der Waals surface area contributed by atoms with Gasteiger partial charge in [0.1, 0.15) is 0 Å². The number of carbonyl (C=O) groups is 4. The van der Waals surface area contributed by atoms with Crippen molar-refractivity contribution in [3.63, 3.8) is 0 Å². The Balaban J connectivity index is 1.30. The molecule has 9 atom stereocenters. The highest BCUT2D eigenvalue weighted by molar-refractivity contribution is 5.87. The molecular formula is C21H30N2O6. The molecule has 4 aliphatic rings. The van der Waals surface area contributed by atoms with E-state index < -0.39 is 35.6 Å². The molecule has 29 heavy (non-hydrogen) atoms. The highest BCUT2D eigenvalue weighted by Gasteiger charge is 2.55. The number of rotatable bonds is 7. The van der Waals surface area contributed by atoms with Crippen LogP contribution in [0.3, 0.4) is 0 Å². The van der Waals surface area contributed by atoms with E-state index in [1.807, 2.05) is 0 Å². The van der Waals surface area contributed by atoms with Gasteiger partial charge in [0, 0.05) is 12.6 Å². The monoisotopic (exact) mass is 406 g/mol. The molecule has 4 N–H and O–H groups in total. The molecule has 0 aromatic carbocycles. The second-order valence-electron chi connectivity index (χ2n) is 9.60. The standard InChI is InChI=1S/C21H30N2O6/c1-9(23-19(25)15-11-3-5-13(7-11)17(15)21(28)29)8-22-18(24)14-10-2-4-12(6-10)16(14)20(26)27/h9-17H,2-8H2,1H3,(H,22,24)(H,23,25)(H,26,27)(H,28,29)/t9-,10+,11+,12+,13+,14-,15-,16+,17-/m1/s1. The van der Waals surface area contributed by atoms with Crippen LogP contribution in [0, 0.1) is 47.3 Å². The Hall–Kier alpha value is -2.12. The first kappa shape index (κ1) is 20.2. The minimum Gasteiger partial charge on any atom is -0.481 e. The number of carboxylic acid groups (broad SMARTS) is 2. The maximum Gasteiger partial charge on any atom is 0.307 e. The van der Waals surface area contributed by atoms with E-state index in [0.29, 0.717) is 0 Å². The van der Waals surface area contributed by atoms with Crippen LogP contribution in [0.4, 0.5) is 0 Å². The van der Waals surface area contributed by atoms with E-state index in [2.05, 4.69) is 10.6 Å². The van der Waals surface area contributed by atoms with Crippen molar-refractivity contribution in [2.24, 2.45) is 47.3 Å². The predicted octanol–water partition coefficient (Wildman–Crippen LogP) is 1.10. The summed E-state index contributed by atoms with van der Waals surface area (Å²) in [6.45, 7) is 1.99. The Morgan fingerprint density at radius 2 is 1.17 bits per heavy atom. The Kier molecular flexibility index (Phi) is 5.29. The third-order valence-corrected chi connectivity index (χ3v) is 7.98. The fourth-order valence-corrected chi connectivity index (χ4v) is 6.81. The van der Waals surface area contributed by atoms with E-state index in [9.17, 15) is 29.4 Å². The molecule has 2 amide bonds. The Morgan fingerprint density at radius 1 is 0.759 bits per heavy atom. The molecular weight excluding hydrogens is 376 g/mol. The van der Waals surface area contributed by atoms with E-state index in [4.69, 9.17) is 0 Å². The number of hydrogen-bond donors (Lipinski definition) is 4. The van der Waals surface area contributed by atoms with Gasteiger partial charge in [-0.05, 0) is 69.1 Å². The highest BCUT2D eigenvalue weighted by Crippen LogP contribution is 2.53. The summed E-state index contributed by atoms with van der Waals surface area (Å²) in [5.74, 6) is -4.02. The number of carbonyl (C=O) groups excluding carboxylic acids is 2. The van der Waals surface area contributed by atoms with E-state index in [1.54, 1.807) is 6.92 Å². The smallest absolute Gasteiger partial charge is 0.307 e. The lowest BCUT2D eigenvalue weighted by atomic mass is 9.78. The second kappa shape index (κ2) is 7.61. The molecule has 4 aliphatic carbocycles. The van der Waals surface area contributed by atoms with Crippen LogP contribution in [0.25, 0.3) is 0 Å². The van der Waals surface area contributed by atoms with Gasteiger partial charge in [0.05, 0.1) is 23.7 Å². The quantitative estimate of drug-likeness (QED) is 0.500. The molecule has 4 fully saturated rings. The minimum absolute atomic E-state index is 0.0917. The van der Waals surface area contributed by atoms with Gasteiger partial charge in [0.2, 0.25) is 11.8 Å². The summed E-state index contributed by atoms with van der Waals surface area (Å²) in [5, 5.41) is 24.7. The maximum atomic E-state index is 12.7. The SMILES string of the molecule is C[C@H](CNC(=O)[C@@H]1[C@H]2CC[C@@H](C2)[C@@H]1C(=O)O)NC(=O)[C@@H]1[C@H]2CC[C@@H](C2)[C@H]1C(=O)O. The maximum absolute atomic E-state index is 12.7. The zero-order chi connectivity index (χ0) is 20.9. The van der Waals surface area contributed by atoms with Gasteiger partial charge < -0.3 is 20.8 Å². The van der Waals surface area contributed by atoms with Crippen LogP contribution in [0.15, 0.2) is 0 Å². The second-order valence-corrected chi connectivity index (χ2v) is 9.60. The third-order valence-electron chi connectivity index (χ3n) is 7.98. The highest BCUT2D eigenvalue weighted by atomic mass is 16.4. The fraction of sp³-hybridized carbons (Fsp3) is 0.810. The Morgan fingerprint density at radius 3 is 1.62 bits per heavy atom. The summed E-state index contributed by atoms with van der Waals surface area (Å²) >= 11 is 0. The van der Waals surface area contributed by atoms with Crippen LogP contribution in [-0.2, 0) is 19.2 Å². The Bertz CT molecular complexity index is 724. The molecule has 4 saturated carbocycles. The largest absolute Gasteiger partial charge is 0.481 e. The number of nitrogens with one attached hydrogen (secondary N) is 2. The molecule has 8 heteroatoms. The van der Waals surface area contributed by atoms with Gasteiger partial charge in [0.15, 0.2) is 0 Å². The fourth-order valence-electron chi connectivity index (χ4n) is 6.81. The summed E-state index contributed by atoms with van der Waals surface area (Å²) in [7, 11) is 0. The van der Waals surface area contributed by atoms with E-state index in [-0.39, 0.29) is 48.1 Å². The predicted molar refractivity (Wildman–Crippen MR) is 102 cm³/mol. The van der Waals surface area contributed by atoms with Crippen molar-refractivity contribution in [2.45, 2.75) is 51.5 Å². The van der Waals surface area contributed by atoms with Crippen molar-refractivity contribution in [3.8, 4) is 0 Å². The summed E-state index contributed by atoms with van der Waals surface area (Å²) in [4.78, 5) is 48.6. The van der Waals surface area contributed by atoms with Crippen LogP contribution < -0.4 is 10.6 Å². The first-order chi connectivity index (χ1) is 13.8. The molecule has 8 nitrogen and oxygen atoms in total. The van der Waals surface area contributed by atoms with Crippen molar-refractivity contribution >= 4 is 23.8 Å². The molecule has 0 saturated heterocycles. The van der Waals surface area contributed by atoms with Gasteiger partial charge in [-0.1, -0.05) is 0 Å². The first-order valence-corrected chi connectivity index (χ1v) is 10.8. The lowest BCUT2D eigenvalue weighted by Gasteiger charge is -2.29. The minimum atomic E-state index is -0.894. The number of hydrogen-bond acceptors (Lipinski definition) is 4. The van der Waals surface area contributed by atoms with Gasteiger partial charge in [-0.25, -0.2) is 0 Å². The number of fused-ring (bicyclic) bond motifs is 4. The van der Waals surface area contributed by atoms with Crippen LogP contribution in [0.1, 0.15) is 45.4 Å². The molecule has 0 radical (unpaired) electrons. The zero-order valence-electron chi connectivity index (χ0n) is 16.7. The van der Waals surface area contributed by atoms with Crippen molar-refractivity contribution < 1.29 is 29.4 Å². The van der Waals surface area contributed by atoms with Gasteiger partial charge >= 0.3 is 11.9 Å². The van der Waals surface area contributed by atoms with Crippen molar-refractivity contribution in [1.82, 2.24) is 10.6 Å². The average molecular weight is 406 g/mol. The van der Waals surface area contributed by atoms with E-state index in [0.717, 1.165) is 38.5 Å². The first-order valence-electron chi connectivity index (χ1n) is 10.8. The number of amides is 2. The molecule has 4 bridgehead atoms. The Labute approximate surface area is 169 Å². The normalized spacial score (nSPS) is 40.6. The summed E-state index contributed by atoms with van der Waals surface area (Å²) in [6.07, 6.45) is 5.18. The van der Waals surface area contributed by atoms with Gasteiger partial charge in [-0.2, -0.15) is 0 Å². The topological polar surface area (TPSA) is 133 Å². The van der Waals surface area contributed by atoms with Gasteiger partial charge in [0.25, 0.3) is 0 Å². The molecule has 0 aromatic heterocycles. The number of aliphatic carboxylic acids is 2. The lowest BCUT2D eigenvalue weighted by molar-refractivity contribution is -0.150. The van der Waals surface area contributed by atoms with Crippen LogP contribution >= 0.6 is 0 Å². The summed E-state index contributed by atoms with van der Waals surface area (Å²) in [5.41, 5.74) is 0. The molecule has 160 valence electrons. The lowest BCUT2D eigenvalue weighted by Crippen LogP contribution is -2.49. The van der Waals surface area contributed by atoms with Crippen LogP contribution in [0.5, 0.6) is 0 Å². The van der Waals surface area contributed by atoms with Crippen molar-refractivity contribution in [1.29, 1.82) is 0 Å². The third kappa shape index (κ3) is 3.51. The summed E-state index contributed by atoms with van der Waals surface area (Å²) < 4.78 is 0. The molecule has 0 heterocycles. The molecule has 0 unspecified atom stereocenters. The molecule has 0 aliphatic heterocycles. The molecule has 4 rings (SSSR count). The van der Waals surface area contributed by atoms with Crippen molar-refractivity contribution in [2.75, 3.05) is 6.54 Å². The zero-order valence-corrected chi connectivity index (χ0v) is 16.7. The molecule has 0 spiro atoms. The van der Waals surface area contributed by atoms with E-state index in [1.165, 1.54) is 0 Å². The van der Waals surface area contributed by atoms with E-state index >= 15 is 0 Å². The van der Waals surface area contributed by atoms with Gasteiger partial charge in [-0.15, -0.1) is 0 Å². The van der Waals surface area contributed by atoms with Gasteiger partial charge in [-0.3, -0.25) is 19.2 Å². The number of carboxylic acids is 2. The summed E-state index contributed by atoms with van der Waals surface area (Å²) in [6, 6.07) is -0.345. The van der Waals surface area contributed by atoms with Crippen LogP contribution in [-0.4, -0.2) is 46.6 Å². The van der Waals surface area contributed by atoms with Crippen LogP contribution in [0.2, 0.25) is 0 Å². The molecule has 0 aromatic rings.